The molecule has 2 heterocycles. The molecule has 0 spiro atoms. The van der Waals surface area contributed by atoms with E-state index in [0.29, 0.717) is 12.1 Å². The van der Waals surface area contributed by atoms with Crippen LogP contribution in [-0.4, -0.2) is 19.5 Å². The number of rotatable bonds is 5. The van der Waals surface area contributed by atoms with Gasteiger partial charge in [0.2, 0.25) is 0 Å². The van der Waals surface area contributed by atoms with Gasteiger partial charge in [-0.3, -0.25) is 10.1 Å². The zero-order valence-electron chi connectivity index (χ0n) is 10.4. The van der Waals surface area contributed by atoms with Gasteiger partial charge in [-0.25, -0.2) is 9.97 Å². The van der Waals surface area contributed by atoms with E-state index in [2.05, 4.69) is 16.9 Å². The maximum absolute atomic E-state index is 11.0. The Bertz CT molecular complexity index is 597. The van der Waals surface area contributed by atoms with Gasteiger partial charge >= 0.3 is 0 Å². The number of nitro groups is 1. The van der Waals surface area contributed by atoms with Crippen molar-refractivity contribution in [1.29, 1.82) is 0 Å². The van der Waals surface area contributed by atoms with E-state index in [-0.39, 0.29) is 10.8 Å². The first-order valence-corrected chi connectivity index (χ1v) is 6.29. The molecule has 19 heavy (non-hydrogen) atoms. The zero-order valence-corrected chi connectivity index (χ0v) is 11.2. The average Bonchev–Trinajstić information content (AvgIpc) is 2.77. The van der Waals surface area contributed by atoms with Crippen LogP contribution < -0.4 is 0 Å². The lowest BCUT2D eigenvalue weighted by molar-refractivity contribution is -0.385. The fraction of sp³-hybridized carbons (Fsp3) is 0.333. The number of imidazole rings is 1. The molecule has 0 amide bonds. The second-order valence-electron chi connectivity index (χ2n) is 4.07. The van der Waals surface area contributed by atoms with Crippen molar-refractivity contribution in [3.8, 4) is 0 Å². The lowest BCUT2D eigenvalue weighted by Gasteiger charge is -2.06. The number of hydrogen-bond acceptors (Lipinski definition) is 4. The smallest absolute Gasteiger partial charge is 0.291 e. The number of nitrogens with zero attached hydrogens (tertiary/aromatic N) is 4. The van der Waals surface area contributed by atoms with Crippen LogP contribution in [0.4, 0.5) is 5.69 Å². The maximum Gasteiger partial charge on any atom is 0.291 e. The molecule has 100 valence electrons. The molecule has 0 N–H and O–H groups in total. The Morgan fingerprint density at radius 3 is 2.95 bits per heavy atom. The molecule has 0 bridgehead atoms. The molecule has 0 saturated carbocycles. The molecule has 0 aromatic carbocycles. The highest BCUT2D eigenvalue weighted by molar-refractivity contribution is 6.29. The molecule has 0 saturated heterocycles. The van der Waals surface area contributed by atoms with Crippen molar-refractivity contribution in [2.24, 2.45) is 0 Å². The van der Waals surface area contributed by atoms with E-state index in [1.807, 2.05) is 10.8 Å². The van der Waals surface area contributed by atoms with Crippen molar-refractivity contribution in [3.05, 3.63) is 51.3 Å². The molecule has 2 aromatic rings. The predicted molar refractivity (Wildman–Crippen MR) is 71.2 cm³/mol. The largest absolute Gasteiger partial charge is 0.335 e. The van der Waals surface area contributed by atoms with Gasteiger partial charge < -0.3 is 4.57 Å². The minimum atomic E-state index is -0.453. The Labute approximate surface area is 115 Å². The molecule has 0 aliphatic carbocycles. The first-order chi connectivity index (χ1) is 9.11. The van der Waals surface area contributed by atoms with Gasteiger partial charge in [0.15, 0.2) is 0 Å². The minimum Gasteiger partial charge on any atom is -0.335 e. The fourth-order valence-corrected chi connectivity index (χ4v) is 2.03. The van der Waals surface area contributed by atoms with Crippen LogP contribution in [0.1, 0.15) is 24.9 Å². The van der Waals surface area contributed by atoms with Gasteiger partial charge in [0, 0.05) is 25.0 Å². The van der Waals surface area contributed by atoms with Crippen molar-refractivity contribution in [1.82, 2.24) is 14.5 Å². The summed E-state index contributed by atoms with van der Waals surface area (Å²) in [5.41, 5.74) is 0.302. The van der Waals surface area contributed by atoms with Gasteiger partial charge in [0.1, 0.15) is 16.7 Å². The molecule has 0 aliphatic heterocycles. The first kappa shape index (κ1) is 13.5. The van der Waals surface area contributed by atoms with Gasteiger partial charge in [-0.15, -0.1) is 0 Å². The number of aryl methyl sites for hydroxylation is 1. The van der Waals surface area contributed by atoms with Crippen LogP contribution in [0.15, 0.2) is 24.5 Å². The van der Waals surface area contributed by atoms with Crippen molar-refractivity contribution >= 4 is 17.3 Å². The summed E-state index contributed by atoms with van der Waals surface area (Å²) in [5, 5.41) is 11.2. The second-order valence-corrected chi connectivity index (χ2v) is 4.46. The molecule has 7 heteroatoms. The first-order valence-electron chi connectivity index (χ1n) is 5.91. The Morgan fingerprint density at radius 1 is 1.47 bits per heavy atom. The third kappa shape index (κ3) is 3.08. The molecule has 0 aliphatic rings. The fourth-order valence-electron chi connectivity index (χ4n) is 1.87. The van der Waals surface area contributed by atoms with E-state index >= 15 is 0 Å². The van der Waals surface area contributed by atoms with E-state index in [1.165, 1.54) is 12.1 Å². The lowest BCUT2D eigenvalue weighted by atomic mass is 10.2. The molecule has 2 aromatic heterocycles. The van der Waals surface area contributed by atoms with Gasteiger partial charge in [-0.1, -0.05) is 18.5 Å². The highest BCUT2D eigenvalue weighted by Gasteiger charge is 2.17. The van der Waals surface area contributed by atoms with Crippen LogP contribution in [-0.2, 0) is 13.0 Å². The summed E-state index contributed by atoms with van der Waals surface area (Å²) in [4.78, 5) is 18.8. The van der Waals surface area contributed by atoms with Crippen molar-refractivity contribution in [2.45, 2.75) is 26.3 Å². The summed E-state index contributed by atoms with van der Waals surface area (Å²) in [6, 6.07) is 2.79. The maximum atomic E-state index is 11.0. The standard InChI is InChI=1S/C12H13ClN4O2/c1-2-6-16-7-5-14-12(16)8-9-10(17(18)19)3-4-11(13)15-9/h3-5,7H,2,6,8H2,1H3. The molecule has 6 nitrogen and oxygen atoms in total. The molecule has 2 rings (SSSR count). The normalized spacial score (nSPS) is 10.6. The van der Waals surface area contributed by atoms with Crippen LogP contribution in [0.5, 0.6) is 0 Å². The summed E-state index contributed by atoms with van der Waals surface area (Å²) in [5.74, 6) is 0.750. The van der Waals surface area contributed by atoms with Gasteiger partial charge in [0.25, 0.3) is 5.69 Å². The predicted octanol–water partition coefficient (Wildman–Crippen LogP) is 2.84. The highest BCUT2D eigenvalue weighted by Crippen LogP contribution is 2.21. The van der Waals surface area contributed by atoms with E-state index in [9.17, 15) is 10.1 Å². The van der Waals surface area contributed by atoms with Gasteiger partial charge in [-0.05, 0) is 12.5 Å². The Morgan fingerprint density at radius 2 is 2.26 bits per heavy atom. The Hall–Kier alpha value is -1.95. The number of aromatic nitrogens is 3. The number of hydrogen-bond donors (Lipinski definition) is 0. The molecule has 0 radical (unpaired) electrons. The van der Waals surface area contributed by atoms with Crippen LogP contribution in [0.25, 0.3) is 0 Å². The molecular weight excluding hydrogens is 268 g/mol. The summed E-state index contributed by atoms with van der Waals surface area (Å²) in [6.45, 7) is 2.88. The summed E-state index contributed by atoms with van der Waals surface area (Å²) in [7, 11) is 0. The second kappa shape index (κ2) is 5.79. The van der Waals surface area contributed by atoms with Gasteiger partial charge in [-0.2, -0.15) is 0 Å². The quantitative estimate of drug-likeness (QED) is 0.479. The van der Waals surface area contributed by atoms with Crippen LogP contribution in [0, 0.1) is 10.1 Å². The zero-order chi connectivity index (χ0) is 13.8. The van der Waals surface area contributed by atoms with Crippen molar-refractivity contribution < 1.29 is 4.92 Å². The number of pyridine rings is 1. The lowest BCUT2D eigenvalue weighted by Crippen LogP contribution is -2.06. The molecule has 0 atom stereocenters. The molecular formula is C12H13ClN4O2. The van der Waals surface area contributed by atoms with E-state index < -0.39 is 4.92 Å². The summed E-state index contributed by atoms with van der Waals surface area (Å²) >= 11 is 5.80. The van der Waals surface area contributed by atoms with E-state index in [4.69, 9.17) is 11.6 Å². The van der Waals surface area contributed by atoms with Crippen molar-refractivity contribution in [3.63, 3.8) is 0 Å². The monoisotopic (exact) mass is 280 g/mol. The van der Waals surface area contributed by atoms with E-state index in [1.54, 1.807) is 6.20 Å². The molecule has 0 fully saturated rings. The topological polar surface area (TPSA) is 73.8 Å². The van der Waals surface area contributed by atoms with Crippen LogP contribution in [0.2, 0.25) is 5.15 Å². The van der Waals surface area contributed by atoms with Crippen LogP contribution >= 0.6 is 11.6 Å². The van der Waals surface area contributed by atoms with Gasteiger partial charge in [0.05, 0.1) is 11.3 Å². The SMILES string of the molecule is CCCn1ccnc1Cc1nc(Cl)ccc1[N+](=O)[O-]. The van der Waals surface area contributed by atoms with E-state index in [0.717, 1.165) is 18.8 Å². The minimum absolute atomic E-state index is 0.0320. The Kier molecular flexibility index (Phi) is 4.11. The molecule has 0 unspecified atom stereocenters. The highest BCUT2D eigenvalue weighted by atomic mass is 35.5. The summed E-state index contributed by atoms with van der Waals surface area (Å²) in [6.07, 6.45) is 4.80. The average molecular weight is 281 g/mol. The third-order valence-electron chi connectivity index (χ3n) is 2.70. The van der Waals surface area contributed by atoms with Crippen LogP contribution in [0.3, 0.4) is 0 Å². The third-order valence-corrected chi connectivity index (χ3v) is 2.92. The number of halogens is 1. The van der Waals surface area contributed by atoms with Crippen molar-refractivity contribution in [2.75, 3.05) is 0 Å². The Balaban J connectivity index is 2.34. The summed E-state index contributed by atoms with van der Waals surface area (Å²) < 4.78 is 1.96.